The van der Waals surface area contributed by atoms with Crippen molar-refractivity contribution >= 4 is 16.0 Å². The minimum absolute atomic E-state index is 0.0340. The minimum Gasteiger partial charge on any atom is -0.463 e. The van der Waals surface area contributed by atoms with Crippen LogP contribution < -0.4 is 0 Å². The molecule has 2 aliphatic rings. The number of nitrogens with zero attached hydrogens (tertiary/aromatic N) is 1. The van der Waals surface area contributed by atoms with Crippen LogP contribution in [0.3, 0.4) is 0 Å². The molecule has 0 amide bonds. The molecule has 7 heteroatoms. The first-order valence-electron chi connectivity index (χ1n) is 7.33. The molecular formula is C16H19NO5S. The molecule has 0 saturated carbocycles. The number of rotatable bonds is 2. The first kappa shape index (κ1) is 16.0. The molecule has 0 bridgehead atoms. The molecule has 0 aromatic heterocycles. The second kappa shape index (κ2) is 5.35. The summed E-state index contributed by atoms with van der Waals surface area (Å²) >= 11 is 0. The molecule has 2 aliphatic heterocycles. The molecule has 1 aromatic carbocycles. The van der Waals surface area contributed by atoms with E-state index in [0.717, 1.165) is 17.4 Å². The molecule has 0 fully saturated rings. The van der Waals surface area contributed by atoms with Crippen molar-refractivity contribution in [1.29, 1.82) is 0 Å². The molecular weight excluding hydrogens is 318 g/mol. The van der Waals surface area contributed by atoms with Crippen molar-refractivity contribution in [3.63, 3.8) is 0 Å². The van der Waals surface area contributed by atoms with Crippen molar-refractivity contribution in [1.82, 2.24) is 4.31 Å². The van der Waals surface area contributed by atoms with E-state index in [9.17, 15) is 13.2 Å². The van der Waals surface area contributed by atoms with E-state index in [1.54, 1.807) is 6.08 Å². The predicted octanol–water partition coefficient (Wildman–Crippen LogP) is 1.73. The molecule has 0 aliphatic carbocycles. The Morgan fingerprint density at radius 2 is 2.09 bits per heavy atom. The van der Waals surface area contributed by atoms with Crippen molar-refractivity contribution < 1.29 is 22.7 Å². The van der Waals surface area contributed by atoms with E-state index in [1.807, 2.05) is 31.2 Å². The van der Waals surface area contributed by atoms with Gasteiger partial charge in [0.2, 0.25) is 21.5 Å². The van der Waals surface area contributed by atoms with E-state index < -0.39 is 21.7 Å². The van der Waals surface area contributed by atoms with Gasteiger partial charge in [0.15, 0.2) is 0 Å². The second-order valence-corrected chi connectivity index (χ2v) is 7.92. The number of carbonyl (C=O) groups excluding carboxylic acids is 1. The van der Waals surface area contributed by atoms with Gasteiger partial charge in [-0.25, -0.2) is 13.2 Å². The Morgan fingerprint density at radius 3 is 2.74 bits per heavy atom. The number of fused-ring (bicyclic) bond motifs is 2. The maximum absolute atomic E-state index is 12.3. The van der Waals surface area contributed by atoms with E-state index in [0.29, 0.717) is 6.42 Å². The Morgan fingerprint density at radius 1 is 1.39 bits per heavy atom. The summed E-state index contributed by atoms with van der Waals surface area (Å²) in [4.78, 5) is 11.9. The van der Waals surface area contributed by atoms with Gasteiger partial charge >= 0.3 is 5.97 Å². The number of benzene rings is 1. The van der Waals surface area contributed by atoms with Gasteiger partial charge < -0.3 is 9.47 Å². The normalized spacial score (nSPS) is 27.3. The van der Waals surface area contributed by atoms with E-state index in [1.165, 1.54) is 11.4 Å². The standard InChI is InChI=1S/C16H19NO5S/c1-11-8-14(15(18)21-2)22-16(9-11)13-7-5-4-6-12(13)10-17(16)23(3,19)20/h4-8,11H,9-10H2,1-3H3/t11-,16+/m0/s1. The van der Waals surface area contributed by atoms with Gasteiger partial charge in [-0.15, -0.1) is 0 Å². The minimum atomic E-state index is -3.53. The largest absolute Gasteiger partial charge is 0.463 e. The van der Waals surface area contributed by atoms with Crippen LogP contribution in [0.2, 0.25) is 0 Å². The quantitative estimate of drug-likeness (QED) is 0.769. The van der Waals surface area contributed by atoms with Gasteiger partial charge in [-0.1, -0.05) is 31.2 Å². The fraction of sp³-hybridized carbons (Fsp3) is 0.438. The van der Waals surface area contributed by atoms with Crippen LogP contribution in [0.1, 0.15) is 24.5 Å². The van der Waals surface area contributed by atoms with E-state index in [4.69, 9.17) is 9.47 Å². The number of methoxy groups -OCH3 is 1. The fourth-order valence-corrected chi connectivity index (χ4v) is 4.50. The Labute approximate surface area is 135 Å². The van der Waals surface area contributed by atoms with E-state index in [2.05, 4.69) is 0 Å². The molecule has 1 spiro atoms. The zero-order valence-electron chi connectivity index (χ0n) is 13.3. The van der Waals surface area contributed by atoms with Crippen LogP contribution in [-0.2, 0) is 36.6 Å². The average molecular weight is 337 g/mol. The molecule has 2 heterocycles. The van der Waals surface area contributed by atoms with Gasteiger partial charge in [0.05, 0.1) is 13.4 Å². The Balaban J connectivity index is 2.17. The summed E-state index contributed by atoms with van der Waals surface area (Å²) in [5.41, 5.74) is 0.477. The van der Waals surface area contributed by atoms with Crippen molar-refractivity contribution in [2.24, 2.45) is 5.92 Å². The van der Waals surface area contributed by atoms with Gasteiger partial charge in [0.25, 0.3) is 0 Å². The molecule has 0 N–H and O–H groups in total. The Kier molecular flexibility index (Phi) is 3.72. The van der Waals surface area contributed by atoms with Gasteiger partial charge in [-0.05, 0) is 17.6 Å². The predicted molar refractivity (Wildman–Crippen MR) is 83.5 cm³/mol. The lowest BCUT2D eigenvalue weighted by atomic mass is 9.89. The summed E-state index contributed by atoms with van der Waals surface area (Å²) in [5, 5.41) is 0. The zero-order chi connectivity index (χ0) is 16.8. The van der Waals surface area contributed by atoms with Crippen molar-refractivity contribution in [3.05, 3.63) is 47.2 Å². The van der Waals surface area contributed by atoms with Crippen LogP contribution in [0.4, 0.5) is 0 Å². The highest BCUT2D eigenvalue weighted by molar-refractivity contribution is 7.88. The Hall–Kier alpha value is -1.86. The summed E-state index contributed by atoms with van der Waals surface area (Å²) in [5.74, 6) is -0.585. The Bertz CT molecular complexity index is 785. The van der Waals surface area contributed by atoms with Gasteiger partial charge in [0.1, 0.15) is 0 Å². The molecule has 1 aromatic rings. The summed E-state index contributed by atoms with van der Waals surface area (Å²) in [7, 11) is -2.26. The average Bonchev–Trinajstić information content (AvgIpc) is 2.80. The third kappa shape index (κ3) is 2.53. The summed E-state index contributed by atoms with van der Waals surface area (Å²) in [6, 6.07) is 7.44. The van der Waals surface area contributed by atoms with E-state index >= 15 is 0 Å². The van der Waals surface area contributed by atoms with Crippen LogP contribution in [-0.4, -0.2) is 32.1 Å². The van der Waals surface area contributed by atoms with Gasteiger partial charge in [-0.2, -0.15) is 4.31 Å². The topological polar surface area (TPSA) is 72.9 Å². The molecule has 23 heavy (non-hydrogen) atoms. The highest BCUT2D eigenvalue weighted by atomic mass is 32.2. The second-order valence-electron chi connectivity index (χ2n) is 6.02. The molecule has 0 radical (unpaired) electrons. The van der Waals surface area contributed by atoms with Crippen molar-refractivity contribution in [2.75, 3.05) is 13.4 Å². The maximum atomic E-state index is 12.3. The third-order valence-electron chi connectivity index (χ3n) is 4.26. The molecule has 0 saturated heterocycles. The monoisotopic (exact) mass is 337 g/mol. The molecule has 6 nitrogen and oxygen atoms in total. The van der Waals surface area contributed by atoms with E-state index in [-0.39, 0.29) is 18.2 Å². The van der Waals surface area contributed by atoms with Gasteiger partial charge in [-0.3, -0.25) is 0 Å². The van der Waals surface area contributed by atoms with Crippen LogP contribution in [0.5, 0.6) is 0 Å². The first-order valence-corrected chi connectivity index (χ1v) is 9.18. The molecule has 0 unspecified atom stereocenters. The SMILES string of the molecule is COC(=O)C1=C[C@H](C)C[C@@]2(O1)c1ccccc1CN2S(C)(=O)=O. The lowest BCUT2D eigenvalue weighted by Crippen LogP contribution is -2.49. The number of hydrogen-bond donors (Lipinski definition) is 0. The van der Waals surface area contributed by atoms with Crippen LogP contribution in [0.25, 0.3) is 0 Å². The lowest BCUT2D eigenvalue weighted by molar-refractivity contribution is -0.155. The maximum Gasteiger partial charge on any atom is 0.373 e. The van der Waals surface area contributed by atoms with Crippen LogP contribution in [0.15, 0.2) is 36.1 Å². The van der Waals surface area contributed by atoms with Crippen molar-refractivity contribution in [2.45, 2.75) is 25.6 Å². The highest BCUT2D eigenvalue weighted by Gasteiger charge is 2.54. The van der Waals surface area contributed by atoms with Gasteiger partial charge in [0, 0.05) is 18.5 Å². The molecule has 124 valence electrons. The summed E-state index contributed by atoms with van der Waals surface area (Å²) in [6.45, 7) is 2.16. The number of esters is 1. The third-order valence-corrected chi connectivity index (χ3v) is 5.48. The fourth-order valence-electron chi connectivity index (χ4n) is 3.38. The molecule has 2 atom stereocenters. The van der Waals surface area contributed by atoms with Crippen LogP contribution >= 0.6 is 0 Å². The number of carbonyl (C=O) groups is 1. The first-order chi connectivity index (χ1) is 10.8. The smallest absolute Gasteiger partial charge is 0.373 e. The van der Waals surface area contributed by atoms with Crippen LogP contribution in [0, 0.1) is 5.92 Å². The number of allylic oxidation sites excluding steroid dienone is 1. The van der Waals surface area contributed by atoms with Crippen molar-refractivity contribution in [3.8, 4) is 0 Å². The summed E-state index contributed by atoms with van der Waals surface area (Å²) < 4.78 is 36.7. The number of sulfonamides is 1. The zero-order valence-corrected chi connectivity index (χ0v) is 14.1. The lowest BCUT2D eigenvalue weighted by Gasteiger charge is -2.41. The summed E-state index contributed by atoms with van der Waals surface area (Å²) in [6.07, 6.45) is 3.28. The molecule has 3 rings (SSSR count). The number of ether oxygens (including phenoxy) is 2. The highest BCUT2D eigenvalue weighted by Crippen LogP contribution is 2.49. The number of hydrogen-bond acceptors (Lipinski definition) is 5.